The summed E-state index contributed by atoms with van der Waals surface area (Å²) in [5.41, 5.74) is 0.0439. The van der Waals surface area contributed by atoms with Gasteiger partial charge >= 0.3 is 0 Å². The zero-order valence-electron chi connectivity index (χ0n) is 14.0. The van der Waals surface area contributed by atoms with Crippen molar-refractivity contribution >= 4 is 50.3 Å². The maximum Gasteiger partial charge on any atom is 0.253 e. The molecular weight excluding hydrogens is 436 g/mol. The number of phenols is 1. The van der Waals surface area contributed by atoms with Crippen LogP contribution in [0.15, 0.2) is 28.5 Å². The number of sulfonamides is 1. The van der Waals surface area contributed by atoms with Crippen molar-refractivity contribution in [1.82, 2.24) is 4.31 Å². The van der Waals surface area contributed by atoms with Crippen molar-refractivity contribution in [2.24, 2.45) is 0 Å². The molecule has 1 fully saturated rings. The van der Waals surface area contributed by atoms with Crippen molar-refractivity contribution in [3.63, 3.8) is 0 Å². The highest BCUT2D eigenvalue weighted by Crippen LogP contribution is 2.34. The predicted octanol–water partition coefficient (Wildman–Crippen LogP) is 4.25. The Morgan fingerprint density at radius 2 is 2.04 bits per heavy atom. The van der Waals surface area contributed by atoms with Gasteiger partial charge in [0.25, 0.3) is 10.0 Å². The molecule has 0 bridgehead atoms. The molecule has 0 saturated carbocycles. The Morgan fingerprint density at radius 3 is 2.70 bits per heavy atom. The van der Waals surface area contributed by atoms with E-state index in [4.69, 9.17) is 23.2 Å². The van der Waals surface area contributed by atoms with Gasteiger partial charge in [-0.2, -0.15) is 4.31 Å². The predicted molar refractivity (Wildman–Crippen MR) is 103 cm³/mol. The maximum absolute atomic E-state index is 13.9. The Hall–Kier alpha value is -1.19. The van der Waals surface area contributed by atoms with E-state index in [-0.39, 0.29) is 45.7 Å². The van der Waals surface area contributed by atoms with Crippen LogP contribution in [0.4, 0.5) is 4.39 Å². The van der Waals surface area contributed by atoms with Crippen LogP contribution in [0.25, 0.3) is 0 Å². The molecule has 0 aliphatic carbocycles. The number of aromatic hydroxyl groups is 1. The molecule has 27 heavy (non-hydrogen) atoms. The van der Waals surface area contributed by atoms with Gasteiger partial charge in [-0.05, 0) is 43.5 Å². The zero-order chi connectivity index (χ0) is 19.8. The minimum absolute atomic E-state index is 0.0207. The topological polar surface area (TPSA) is 74.7 Å². The van der Waals surface area contributed by atoms with Crippen LogP contribution in [0, 0.1) is 5.82 Å². The fourth-order valence-corrected chi connectivity index (χ4v) is 6.67. The van der Waals surface area contributed by atoms with Gasteiger partial charge in [0.1, 0.15) is 15.8 Å². The van der Waals surface area contributed by atoms with Crippen LogP contribution in [0.3, 0.4) is 0 Å². The molecule has 3 rings (SSSR count). The van der Waals surface area contributed by atoms with Crippen LogP contribution in [-0.4, -0.2) is 36.2 Å². The Balaban J connectivity index is 1.76. The summed E-state index contributed by atoms with van der Waals surface area (Å²) in [7, 11) is -3.81. The Morgan fingerprint density at radius 1 is 1.30 bits per heavy atom. The van der Waals surface area contributed by atoms with Crippen LogP contribution in [0.2, 0.25) is 9.36 Å². The number of benzene rings is 1. The highest BCUT2D eigenvalue weighted by Gasteiger charge is 2.39. The van der Waals surface area contributed by atoms with E-state index >= 15 is 0 Å². The van der Waals surface area contributed by atoms with Gasteiger partial charge in [-0.3, -0.25) is 4.79 Å². The highest BCUT2D eigenvalue weighted by molar-refractivity contribution is 7.91. The molecule has 1 aliphatic heterocycles. The lowest BCUT2D eigenvalue weighted by molar-refractivity contribution is -0.122. The molecule has 1 atom stereocenters. The first-order chi connectivity index (χ1) is 12.7. The molecular formula is C17H16Cl2FNO4S2. The molecule has 2 aromatic rings. The van der Waals surface area contributed by atoms with Gasteiger partial charge in [0.15, 0.2) is 5.78 Å². The average molecular weight is 452 g/mol. The minimum Gasteiger partial charge on any atom is -0.506 e. The van der Waals surface area contributed by atoms with Gasteiger partial charge in [-0.1, -0.05) is 23.2 Å². The SMILES string of the molecule is O=C(CCc1c(F)ccc(O)c1Cl)[C@@H]1CCCN1S(=O)(=O)c1ccc(Cl)s1. The number of nitrogens with zero attached hydrogens (tertiary/aromatic N) is 1. The first kappa shape index (κ1) is 20.5. The van der Waals surface area contributed by atoms with Crippen LogP contribution < -0.4 is 0 Å². The van der Waals surface area contributed by atoms with Crippen molar-refractivity contribution in [1.29, 1.82) is 0 Å². The molecule has 1 aromatic heterocycles. The molecule has 2 heterocycles. The van der Waals surface area contributed by atoms with Gasteiger partial charge in [0, 0.05) is 18.5 Å². The number of ketones is 1. The molecule has 0 amide bonds. The smallest absolute Gasteiger partial charge is 0.253 e. The van der Waals surface area contributed by atoms with E-state index in [0.717, 1.165) is 23.5 Å². The Kier molecular flexibility index (Phi) is 6.12. The fraction of sp³-hybridized carbons (Fsp3) is 0.353. The lowest BCUT2D eigenvalue weighted by Gasteiger charge is -2.22. The van der Waals surface area contributed by atoms with Gasteiger partial charge in [0.2, 0.25) is 0 Å². The summed E-state index contributed by atoms with van der Waals surface area (Å²) in [6.45, 7) is 0.246. The van der Waals surface area contributed by atoms with E-state index in [1.807, 2.05) is 0 Å². The summed E-state index contributed by atoms with van der Waals surface area (Å²) in [6.07, 6.45) is 0.874. The summed E-state index contributed by atoms with van der Waals surface area (Å²) in [6, 6.07) is 4.34. The number of carbonyl (C=O) groups excluding carboxylic acids is 1. The fourth-order valence-electron chi connectivity index (χ4n) is 3.13. The summed E-state index contributed by atoms with van der Waals surface area (Å²) in [4.78, 5) is 12.7. The van der Waals surface area contributed by atoms with Gasteiger partial charge in [-0.15, -0.1) is 11.3 Å². The zero-order valence-corrected chi connectivity index (χ0v) is 17.1. The Bertz CT molecular complexity index is 977. The van der Waals surface area contributed by atoms with E-state index in [1.165, 1.54) is 16.4 Å². The number of carbonyl (C=O) groups is 1. The van der Waals surface area contributed by atoms with E-state index in [2.05, 4.69) is 0 Å². The van der Waals surface area contributed by atoms with E-state index in [0.29, 0.717) is 17.2 Å². The minimum atomic E-state index is -3.81. The number of hydrogen-bond acceptors (Lipinski definition) is 5. The molecule has 0 radical (unpaired) electrons. The molecule has 0 unspecified atom stereocenters. The second kappa shape index (κ2) is 8.05. The number of halogens is 3. The summed E-state index contributed by atoms with van der Waals surface area (Å²) in [5.74, 6) is -1.19. The molecule has 1 saturated heterocycles. The third-order valence-corrected chi connectivity index (χ3v) is 8.50. The van der Waals surface area contributed by atoms with Crippen molar-refractivity contribution in [2.75, 3.05) is 6.54 Å². The number of Topliss-reactive ketones (excluding diaryl/α,β-unsaturated/α-hetero) is 1. The normalized spacial score (nSPS) is 18.1. The largest absolute Gasteiger partial charge is 0.506 e. The molecule has 146 valence electrons. The number of thiophene rings is 1. The molecule has 0 spiro atoms. The third-order valence-electron chi connectivity index (χ3n) is 4.47. The van der Waals surface area contributed by atoms with Crippen LogP contribution in [-0.2, 0) is 21.2 Å². The molecule has 10 heteroatoms. The van der Waals surface area contributed by atoms with Gasteiger partial charge < -0.3 is 5.11 Å². The number of rotatable bonds is 6. The summed E-state index contributed by atoms with van der Waals surface area (Å²) < 4.78 is 41.2. The lowest BCUT2D eigenvalue weighted by Crippen LogP contribution is -2.40. The van der Waals surface area contributed by atoms with Crippen LogP contribution in [0.5, 0.6) is 5.75 Å². The van der Waals surface area contributed by atoms with Crippen LogP contribution >= 0.6 is 34.5 Å². The van der Waals surface area contributed by atoms with E-state index < -0.39 is 21.9 Å². The van der Waals surface area contributed by atoms with E-state index in [9.17, 15) is 22.7 Å². The average Bonchev–Trinajstić information content (AvgIpc) is 3.27. The van der Waals surface area contributed by atoms with Crippen molar-refractivity contribution in [3.05, 3.63) is 45.0 Å². The number of phenolic OH excluding ortho intramolecular Hbond substituents is 1. The first-order valence-electron chi connectivity index (χ1n) is 8.17. The number of hydrogen-bond donors (Lipinski definition) is 1. The van der Waals surface area contributed by atoms with Crippen molar-refractivity contribution in [2.45, 2.75) is 35.9 Å². The van der Waals surface area contributed by atoms with Gasteiger partial charge in [0.05, 0.1) is 15.4 Å². The third kappa shape index (κ3) is 4.14. The second-order valence-corrected chi connectivity index (χ2v) is 10.4. The van der Waals surface area contributed by atoms with E-state index in [1.54, 1.807) is 0 Å². The monoisotopic (exact) mass is 451 g/mol. The second-order valence-electron chi connectivity index (χ2n) is 6.16. The van der Waals surface area contributed by atoms with Crippen LogP contribution in [0.1, 0.15) is 24.8 Å². The molecule has 1 N–H and O–H groups in total. The summed E-state index contributed by atoms with van der Waals surface area (Å²) >= 11 is 12.7. The summed E-state index contributed by atoms with van der Waals surface area (Å²) in [5, 5.41) is 9.46. The first-order valence-corrected chi connectivity index (χ1v) is 11.2. The van der Waals surface area contributed by atoms with Gasteiger partial charge in [-0.25, -0.2) is 12.8 Å². The van der Waals surface area contributed by atoms with Crippen molar-refractivity contribution < 1.29 is 22.7 Å². The molecule has 1 aromatic carbocycles. The van der Waals surface area contributed by atoms with Crippen molar-refractivity contribution in [3.8, 4) is 5.75 Å². The quantitative estimate of drug-likeness (QED) is 0.711. The highest BCUT2D eigenvalue weighted by atomic mass is 35.5. The lowest BCUT2D eigenvalue weighted by atomic mass is 10.0. The standard InChI is InChI=1S/C17H16Cl2FNO4S2/c18-15-7-8-16(26-15)27(24,25)21-9-1-2-12(21)13(22)5-3-10-11(20)4-6-14(23)17(10)19/h4,6-8,12,23H,1-3,5,9H2/t12-/m0/s1. The maximum atomic E-state index is 13.9. The molecule has 5 nitrogen and oxygen atoms in total. The molecule has 1 aliphatic rings. The Labute approximate surface area is 170 Å².